The van der Waals surface area contributed by atoms with Crippen LogP contribution in [0.1, 0.15) is 23.2 Å². The number of nitrogens with zero attached hydrogens (tertiary/aromatic N) is 1. The highest BCUT2D eigenvalue weighted by Gasteiger charge is 2.12. The zero-order valence-corrected chi connectivity index (χ0v) is 8.38. The number of pyridine rings is 1. The monoisotopic (exact) mass is 183 g/mol. The van der Waals surface area contributed by atoms with Crippen LogP contribution in [0.2, 0.25) is 0 Å². The summed E-state index contributed by atoms with van der Waals surface area (Å²) >= 11 is 0. The van der Waals surface area contributed by atoms with Crippen LogP contribution in [-0.2, 0) is 12.8 Å². The van der Waals surface area contributed by atoms with Gasteiger partial charge >= 0.3 is 0 Å². The van der Waals surface area contributed by atoms with E-state index in [1.54, 1.807) is 0 Å². The number of fused-ring (bicyclic) bond motifs is 2. The fraction of sp³-hybridized carbons (Fsp3) is 0.308. The molecule has 1 heteroatoms. The first-order valence-electron chi connectivity index (χ1n) is 5.22. The van der Waals surface area contributed by atoms with Crippen LogP contribution >= 0.6 is 0 Å². The molecule has 1 nitrogen and oxygen atoms in total. The highest BCUT2D eigenvalue weighted by Crippen LogP contribution is 2.24. The van der Waals surface area contributed by atoms with Crippen LogP contribution in [0.25, 0.3) is 10.9 Å². The third kappa shape index (κ3) is 1.12. The van der Waals surface area contributed by atoms with Crippen LogP contribution < -0.4 is 0 Å². The molecule has 0 spiro atoms. The van der Waals surface area contributed by atoms with E-state index < -0.39 is 0 Å². The van der Waals surface area contributed by atoms with Crippen molar-refractivity contribution in [3.05, 3.63) is 41.1 Å². The van der Waals surface area contributed by atoms with Crippen LogP contribution in [0.3, 0.4) is 0 Å². The molecule has 1 aromatic carbocycles. The minimum absolute atomic E-state index is 1.16. The zero-order valence-electron chi connectivity index (χ0n) is 8.38. The van der Waals surface area contributed by atoms with Crippen molar-refractivity contribution in [2.24, 2.45) is 0 Å². The molecular weight excluding hydrogens is 170 g/mol. The van der Waals surface area contributed by atoms with E-state index >= 15 is 0 Å². The molecule has 0 atom stereocenters. The maximum atomic E-state index is 4.72. The van der Waals surface area contributed by atoms with Gasteiger partial charge in [0.2, 0.25) is 0 Å². The van der Waals surface area contributed by atoms with Gasteiger partial charge in [-0.25, -0.2) is 0 Å². The van der Waals surface area contributed by atoms with Crippen molar-refractivity contribution in [1.29, 1.82) is 0 Å². The van der Waals surface area contributed by atoms with E-state index in [9.17, 15) is 0 Å². The molecule has 1 aliphatic carbocycles. The van der Waals surface area contributed by atoms with Crippen molar-refractivity contribution < 1.29 is 0 Å². The minimum atomic E-state index is 1.16. The molecule has 0 unspecified atom stereocenters. The summed E-state index contributed by atoms with van der Waals surface area (Å²) in [4.78, 5) is 4.72. The Balaban J connectivity index is 2.33. The second-order valence-electron chi connectivity index (χ2n) is 4.14. The molecule has 3 rings (SSSR count). The van der Waals surface area contributed by atoms with Crippen molar-refractivity contribution in [1.82, 2.24) is 4.98 Å². The van der Waals surface area contributed by atoms with Gasteiger partial charge in [-0.3, -0.25) is 4.98 Å². The molecule has 0 saturated heterocycles. The standard InChI is InChI=1S/C13H13N/c1-9-5-6-11-8-10-3-2-4-12(10)14-13(11)7-9/h5-8H,2-4H2,1H3. The Bertz CT molecular complexity index is 500. The van der Waals surface area contributed by atoms with E-state index in [1.165, 1.54) is 41.5 Å². The summed E-state index contributed by atoms with van der Waals surface area (Å²) in [6.45, 7) is 2.12. The molecule has 0 N–H and O–H groups in total. The largest absolute Gasteiger partial charge is 0.253 e. The second-order valence-corrected chi connectivity index (χ2v) is 4.14. The Hall–Kier alpha value is -1.37. The Morgan fingerprint density at radius 1 is 1.14 bits per heavy atom. The molecule has 1 heterocycles. The van der Waals surface area contributed by atoms with Gasteiger partial charge in [-0.05, 0) is 49.4 Å². The van der Waals surface area contributed by atoms with Gasteiger partial charge in [0, 0.05) is 11.1 Å². The fourth-order valence-corrected chi connectivity index (χ4v) is 2.24. The molecule has 0 aliphatic heterocycles. The minimum Gasteiger partial charge on any atom is -0.253 e. The lowest BCUT2D eigenvalue weighted by Gasteiger charge is -2.03. The summed E-state index contributed by atoms with van der Waals surface area (Å²) in [5.41, 5.74) is 5.23. The molecule has 0 saturated carbocycles. The molecule has 0 amide bonds. The molecule has 1 aromatic heterocycles. The SMILES string of the molecule is Cc1ccc2cc3c(nc2c1)CCC3. The Kier molecular flexibility index (Phi) is 1.60. The molecule has 1 aliphatic rings. The van der Waals surface area contributed by atoms with Gasteiger partial charge in [0.15, 0.2) is 0 Å². The number of aryl methyl sites for hydroxylation is 3. The first-order valence-corrected chi connectivity index (χ1v) is 5.22. The van der Waals surface area contributed by atoms with Crippen LogP contribution in [0.15, 0.2) is 24.3 Å². The third-order valence-electron chi connectivity index (χ3n) is 3.00. The normalized spacial score (nSPS) is 14.6. The van der Waals surface area contributed by atoms with Gasteiger partial charge in [-0.15, -0.1) is 0 Å². The summed E-state index contributed by atoms with van der Waals surface area (Å²) in [7, 11) is 0. The van der Waals surface area contributed by atoms with E-state index in [0.29, 0.717) is 0 Å². The van der Waals surface area contributed by atoms with E-state index in [2.05, 4.69) is 31.2 Å². The number of rotatable bonds is 0. The van der Waals surface area contributed by atoms with Gasteiger partial charge in [-0.1, -0.05) is 12.1 Å². The van der Waals surface area contributed by atoms with Crippen molar-refractivity contribution >= 4 is 10.9 Å². The van der Waals surface area contributed by atoms with E-state index in [0.717, 1.165) is 5.52 Å². The molecular formula is C13H13N. The molecule has 0 fully saturated rings. The predicted molar refractivity (Wildman–Crippen MR) is 58.5 cm³/mol. The van der Waals surface area contributed by atoms with E-state index in [-0.39, 0.29) is 0 Å². The van der Waals surface area contributed by atoms with Crippen LogP contribution in [0.5, 0.6) is 0 Å². The van der Waals surface area contributed by atoms with Crippen LogP contribution in [-0.4, -0.2) is 4.98 Å². The quantitative estimate of drug-likeness (QED) is 0.611. The fourth-order valence-electron chi connectivity index (χ4n) is 2.24. The van der Waals surface area contributed by atoms with Crippen molar-refractivity contribution in [2.45, 2.75) is 26.2 Å². The summed E-state index contributed by atoms with van der Waals surface area (Å²) in [6.07, 6.45) is 3.66. The smallest absolute Gasteiger partial charge is 0.0708 e. The third-order valence-corrected chi connectivity index (χ3v) is 3.00. The topological polar surface area (TPSA) is 12.9 Å². The van der Waals surface area contributed by atoms with E-state index in [4.69, 9.17) is 4.98 Å². The maximum absolute atomic E-state index is 4.72. The highest BCUT2D eigenvalue weighted by atomic mass is 14.7. The van der Waals surface area contributed by atoms with Gasteiger partial charge < -0.3 is 0 Å². The molecule has 0 radical (unpaired) electrons. The highest BCUT2D eigenvalue weighted by molar-refractivity contribution is 5.80. The zero-order chi connectivity index (χ0) is 9.54. The Morgan fingerprint density at radius 2 is 2.07 bits per heavy atom. The second kappa shape index (κ2) is 2.81. The number of hydrogen-bond donors (Lipinski definition) is 0. The van der Waals surface area contributed by atoms with Crippen molar-refractivity contribution in [2.75, 3.05) is 0 Å². The number of benzene rings is 1. The van der Waals surface area contributed by atoms with Crippen LogP contribution in [0, 0.1) is 6.92 Å². The van der Waals surface area contributed by atoms with Crippen molar-refractivity contribution in [3.8, 4) is 0 Å². The number of aromatic nitrogens is 1. The average molecular weight is 183 g/mol. The van der Waals surface area contributed by atoms with Gasteiger partial charge in [0.25, 0.3) is 0 Å². The summed E-state index contributed by atoms with van der Waals surface area (Å²) in [6, 6.07) is 8.82. The first kappa shape index (κ1) is 7.98. The summed E-state index contributed by atoms with van der Waals surface area (Å²) in [5, 5.41) is 1.29. The molecule has 14 heavy (non-hydrogen) atoms. The maximum Gasteiger partial charge on any atom is 0.0708 e. The first-order chi connectivity index (χ1) is 6.83. The lowest BCUT2D eigenvalue weighted by Crippen LogP contribution is -1.89. The number of hydrogen-bond acceptors (Lipinski definition) is 1. The summed E-state index contributed by atoms with van der Waals surface area (Å²) in [5.74, 6) is 0. The van der Waals surface area contributed by atoms with Gasteiger partial charge in [-0.2, -0.15) is 0 Å². The molecule has 0 bridgehead atoms. The van der Waals surface area contributed by atoms with E-state index in [1.807, 2.05) is 0 Å². The predicted octanol–water partition coefficient (Wildman–Crippen LogP) is 3.03. The lowest BCUT2D eigenvalue weighted by atomic mass is 10.1. The summed E-state index contributed by atoms with van der Waals surface area (Å²) < 4.78 is 0. The molecule has 2 aromatic rings. The Morgan fingerprint density at radius 3 is 3.00 bits per heavy atom. The van der Waals surface area contributed by atoms with Crippen molar-refractivity contribution in [3.63, 3.8) is 0 Å². The van der Waals surface area contributed by atoms with Gasteiger partial charge in [0.05, 0.1) is 5.52 Å². The van der Waals surface area contributed by atoms with Crippen LogP contribution in [0.4, 0.5) is 0 Å². The molecule has 70 valence electrons. The van der Waals surface area contributed by atoms with Gasteiger partial charge in [0.1, 0.15) is 0 Å². The lowest BCUT2D eigenvalue weighted by molar-refractivity contribution is 0.901. The Labute approximate surface area is 83.8 Å². The average Bonchev–Trinajstić information content (AvgIpc) is 2.61.